The lowest BCUT2D eigenvalue weighted by atomic mass is 9.91. The molecule has 8 heteroatoms. The molecule has 0 spiro atoms. The SMILES string of the molecule is Cc1nc(Oc2cc(C#N)ccc2-c2ccc(C(CN)c3ccsc3)cc2)cc(N2CCOCC2)n1. The van der Waals surface area contributed by atoms with Crippen molar-refractivity contribution in [2.45, 2.75) is 12.8 Å². The van der Waals surface area contributed by atoms with Gasteiger partial charge in [0.15, 0.2) is 0 Å². The van der Waals surface area contributed by atoms with E-state index in [0.717, 1.165) is 35.6 Å². The fourth-order valence-corrected chi connectivity index (χ4v) is 5.11. The van der Waals surface area contributed by atoms with E-state index in [1.807, 2.05) is 19.1 Å². The van der Waals surface area contributed by atoms with Crippen LogP contribution in [0.4, 0.5) is 5.82 Å². The van der Waals surface area contributed by atoms with Gasteiger partial charge >= 0.3 is 0 Å². The molecule has 2 aromatic heterocycles. The quantitative estimate of drug-likeness (QED) is 0.379. The maximum absolute atomic E-state index is 9.50. The van der Waals surface area contributed by atoms with Gasteiger partial charge in [-0.2, -0.15) is 21.6 Å². The summed E-state index contributed by atoms with van der Waals surface area (Å²) in [7, 11) is 0. The van der Waals surface area contributed by atoms with E-state index in [1.165, 1.54) is 5.56 Å². The van der Waals surface area contributed by atoms with Crippen molar-refractivity contribution in [3.8, 4) is 28.8 Å². The number of nitrogens with zero attached hydrogens (tertiary/aromatic N) is 4. The van der Waals surface area contributed by atoms with Crippen LogP contribution >= 0.6 is 11.3 Å². The second-order valence-electron chi connectivity index (χ2n) is 8.60. The van der Waals surface area contributed by atoms with Crippen molar-refractivity contribution in [1.82, 2.24) is 9.97 Å². The Kier molecular flexibility index (Phi) is 7.23. The van der Waals surface area contributed by atoms with Gasteiger partial charge < -0.3 is 20.1 Å². The van der Waals surface area contributed by atoms with Crippen LogP contribution in [0.15, 0.2) is 65.4 Å². The molecule has 182 valence electrons. The van der Waals surface area contributed by atoms with E-state index in [9.17, 15) is 5.26 Å². The highest BCUT2D eigenvalue weighted by Gasteiger charge is 2.17. The number of thiophene rings is 1. The van der Waals surface area contributed by atoms with E-state index in [0.29, 0.717) is 42.8 Å². The van der Waals surface area contributed by atoms with Crippen molar-refractivity contribution < 1.29 is 9.47 Å². The molecule has 2 N–H and O–H groups in total. The molecule has 2 aromatic carbocycles. The first-order chi connectivity index (χ1) is 17.6. The van der Waals surface area contributed by atoms with E-state index >= 15 is 0 Å². The van der Waals surface area contributed by atoms with Crippen molar-refractivity contribution in [2.75, 3.05) is 37.7 Å². The van der Waals surface area contributed by atoms with Crippen LogP contribution in [0.2, 0.25) is 0 Å². The number of nitriles is 1. The number of aromatic nitrogens is 2. The Morgan fingerprint density at radius 3 is 2.58 bits per heavy atom. The highest BCUT2D eigenvalue weighted by molar-refractivity contribution is 7.08. The number of nitrogens with two attached hydrogens (primary N) is 1. The van der Waals surface area contributed by atoms with Crippen molar-refractivity contribution in [3.05, 3.63) is 87.9 Å². The molecule has 5 rings (SSSR count). The number of aryl methyl sites for hydroxylation is 1. The van der Waals surface area contributed by atoms with E-state index in [4.69, 9.17) is 15.2 Å². The van der Waals surface area contributed by atoms with Crippen molar-refractivity contribution in [1.29, 1.82) is 5.26 Å². The topological polar surface area (TPSA) is 97.3 Å². The Hall–Kier alpha value is -3.77. The molecule has 1 saturated heterocycles. The van der Waals surface area contributed by atoms with Gasteiger partial charge in [-0.1, -0.05) is 24.3 Å². The molecular formula is C28H27N5O2S. The van der Waals surface area contributed by atoms with E-state index in [1.54, 1.807) is 23.5 Å². The predicted molar refractivity (Wildman–Crippen MR) is 142 cm³/mol. The zero-order chi connectivity index (χ0) is 24.9. The third kappa shape index (κ3) is 5.24. The largest absolute Gasteiger partial charge is 0.438 e. The fraction of sp³-hybridized carbons (Fsp3) is 0.250. The Morgan fingerprint density at radius 1 is 1.08 bits per heavy atom. The Balaban J connectivity index is 1.46. The Labute approximate surface area is 214 Å². The van der Waals surface area contributed by atoms with E-state index < -0.39 is 0 Å². The summed E-state index contributed by atoms with van der Waals surface area (Å²) in [6, 6.07) is 20.0. The number of ether oxygens (including phenoxy) is 2. The first kappa shape index (κ1) is 23.9. The maximum atomic E-state index is 9.50. The third-order valence-electron chi connectivity index (χ3n) is 6.27. The smallest absolute Gasteiger partial charge is 0.224 e. The van der Waals surface area contributed by atoms with Gasteiger partial charge in [0.2, 0.25) is 5.88 Å². The first-order valence-electron chi connectivity index (χ1n) is 11.9. The summed E-state index contributed by atoms with van der Waals surface area (Å²) < 4.78 is 11.8. The van der Waals surface area contributed by atoms with Gasteiger partial charge in [-0.15, -0.1) is 0 Å². The van der Waals surface area contributed by atoms with Crippen LogP contribution < -0.4 is 15.4 Å². The number of morpholine rings is 1. The number of hydrogen-bond donors (Lipinski definition) is 1. The van der Waals surface area contributed by atoms with Gasteiger partial charge in [0.05, 0.1) is 24.8 Å². The van der Waals surface area contributed by atoms with Crippen LogP contribution in [0.5, 0.6) is 11.6 Å². The number of benzene rings is 2. The lowest BCUT2D eigenvalue weighted by Crippen LogP contribution is -2.36. The zero-order valence-corrected chi connectivity index (χ0v) is 20.9. The van der Waals surface area contributed by atoms with Crippen LogP contribution in [0.25, 0.3) is 11.1 Å². The molecule has 0 aliphatic carbocycles. The van der Waals surface area contributed by atoms with Crippen molar-refractivity contribution in [3.63, 3.8) is 0 Å². The van der Waals surface area contributed by atoms with Gasteiger partial charge in [0.1, 0.15) is 17.4 Å². The molecule has 1 fully saturated rings. The van der Waals surface area contributed by atoms with E-state index in [-0.39, 0.29) is 5.92 Å². The van der Waals surface area contributed by atoms with Crippen LogP contribution in [0.3, 0.4) is 0 Å². The normalized spacial score (nSPS) is 14.3. The molecule has 1 aliphatic heterocycles. The highest BCUT2D eigenvalue weighted by Crippen LogP contribution is 2.36. The van der Waals surface area contributed by atoms with Gasteiger partial charge in [0.25, 0.3) is 0 Å². The molecule has 1 unspecified atom stereocenters. The van der Waals surface area contributed by atoms with Crippen LogP contribution in [0.1, 0.15) is 28.4 Å². The minimum Gasteiger partial charge on any atom is -0.438 e. The summed E-state index contributed by atoms with van der Waals surface area (Å²) in [4.78, 5) is 11.3. The average molecular weight is 498 g/mol. The molecule has 36 heavy (non-hydrogen) atoms. The average Bonchev–Trinajstić information content (AvgIpc) is 3.44. The zero-order valence-electron chi connectivity index (χ0n) is 20.1. The van der Waals surface area contributed by atoms with Gasteiger partial charge in [-0.3, -0.25) is 0 Å². The van der Waals surface area contributed by atoms with Crippen molar-refractivity contribution in [2.24, 2.45) is 5.73 Å². The molecule has 1 atom stereocenters. The molecule has 1 aliphatic rings. The fourth-order valence-electron chi connectivity index (χ4n) is 4.39. The third-order valence-corrected chi connectivity index (χ3v) is 6.97. The second kappa shape index (κ2) is 10.9. The van der Waals surface area contributed by atoms with Gasteiger partial charge in [-0.25, -0.2) is 4.98 Å². The highest BCUT2D eigenvalue weighted by atomic mass is 32.1. The molecule has 4 aromatic rings. The summed E-state index contributed by atoms with van der Waals surface area (Å²) in [6.45, 7) is 5.27. The van der Waals surface area contributed by atoms with Crippen molar-refractivity contribution >= 4 is 17.2 Å². The van der Waals surface area contributed by atoms with Gasteiger partial charge in [-0.05, 0) is 58.6 Å². The minimum absolute atomic E-state index is 0.157. The maximum Gasteiger partial charge on any atom is 0.224 e. The van der Waals surface area contributed by atoms with Crippen LogP contribution in [-0.2, 0) is 4.74 Å². The molecule has 0 amide bonds. The number of anilines is 1. The Bertz CT molecular complexity index is 1360. The molecule has 0 radical (unpaired) electrons. The summed E-state index contributed by atoms with van der Waals surface area (Å²) in [5, 5.41) is 13.7. The second-order valence-corrected chi connectivity index (χ2v) is 9.38. The summed E-state index contributed by atoms with van der Waals surface area (Å²) in [5.41, 5.74) is 10.9. The molecule has 0 saturated carbocycles. The number of hydrogen-bond acceptors (Lipinski definition) is 8. The molecular weight excluding hydrogens is 470 g/mol. The van der Waals surface area contributed by atoms with Crippen LogP contribution in [0, 0.1) is 18.3 Å². The molecule has 3 heterocycles. The monoisotopic (exact) mass is 497 g/mol. The Morgan fingerprint density at radius 2 is 1.89 bits per heavy atom. The number of rotatable bonds is 7. The molecule has 0 bridgehead atoms. The summed E-state index contributed by atoms with van der Waals surface area (Å²) in [5.74, 6) is 2.60. The summed E-state index contributed by atoms with van der Waals surface area (Å²) >= 11 is 1.68. The summed E-state index contributed by atoms with van der Waals surface area (Å²) in [6.07, 6.45) is 0. The van der Waals surface area contributed by atoms with Crippen LogP contribution in [-0.4, -0.2) is 42.8 Å². The first-order valence-corrected chi connectivity index (χ1v) is 12.8. The standard InChI is InChI=1S/C28H27N5O2S/c1-19-31-27(33-9-11-34-12-10-33)15-28(32-19)35-26-14-20(16-29)2-7-24(26)21-3-5-22(6-4-21)25(17-30)23-8-13-36-18-23/h2-8,13-15,18,25H,9-12,17,30H2,1H3. The minimum atomic E-state index is 0.157. The lowest BCUT2D eigenvalue weighted by Gasteiger charge is -2.28. The predicted octanol–water partition coefficient (Wildman–Crippen LogP) is 5.10. The lowest BCUT2D eigenvalue weighted by molar-refractivity contribution is 0.122. The van der Waals surface area contributed by atoms with E-state index in [2.05, 4.69) is 62.0 Å². The van der Waals surface area contributed by atoms with Gasteiger partial charge in [0, 0.05) is 37.2 Å². The molecule has 7 nitrogen and oxygen atoms in total.